The van der Waals surface area contributed by atoms with Crippen molar-refractivity contribution in [2.24, 2.45) is 0 Å². The second-order valence-corrected chi connectivity index (χ2v) is 3.26. The highest BCUT2D eigenvalue weighted by Crippen LogP contribution is 2.01. The zero-order chi connectivity index (χ0) is 10.5. The Kier molecular flexibility index (Phi) is 3.04. The van der Waals surface area contributed by atoms with Crippen molar-refractivity contribution in [3.05, 3.63) is 36.4 Å². The summed E-state index contributed by atoms with van der Waals surface area (Å²) >= 11 is 0. The number of hydrogen-bond acceptors (Lipinski definition) is 4. The van der Waals surface area contributed by atoms with E-state index in [0.717, 1.165) is 12.2 Å². The predicted molar refractivity (Wildman–Crippen MR) is 57.1 cm³/mol. The first-order chi connectivity index (χ1) is 7.36. The summed E-state index contributed by atoms with van der Waals surface area (Å²) in [7, 11) is 0. The standard InChI is InChI=1S/C10H13N5/c11-10-3-1-2-6-15(10)14-8-9-7-12-4-5-13-9/h1-2,4-5,7,11,14H,3,6,8H2. The van der Waals surface area contributed by atoms with Gasteiger partial charge in [0.2, 0.25) is 0 Å². The Bertz CT molecular complexity index is 359. The predicted octanol–water partition coefficient (Wildman–Crippen LogP) is 0.720. The van der Waals surface area contributed by atoms with Crippen molar-refractivity contribution in [1.29, 1.82) is 5.41 Å². The van der Waals surface area contributed by atoms with Crippen LogP contribution in [0.3, 0.4) is 0 Å². The SMILES string of the molecule is N=C1CC=CCN1NCc1cnccn1. The van der Waals surface area contributed by atoms with Gasteiger partial charge in [0.05, 0.1) is 18.8 Å². The van der Waals surface area contributed by atoms with E-state index in [9.17, 15) is 0 Å². The van der Waals surface area contributed by atoms with E-state index in [0.29, 0.717) is 18.8 Å². The first-order valence-corrected chi connectivity index (χ1v) is 4.84. The van der Waals surface area contributed by atoms with E-state index in [2.05, 4.69) is 15.4 Å². The molecule has 2 rings (SSSR count). The first kappa shape index (κ1) is 9.79. The number of nitrogens with zero attached hydrogens (tertiary/aromatic N) is 3. The Balaban J connectivity index is 1.88. The Morgan fingerprint density at radius 1 is 1.40 bits per heavy atom. The Morgan fingerprint density at radius 2 is 2.33 bits per heavy atom. The maximum Gasteiger partial charge on any atom is 0.114 e. The lowest BCUT2D eigenvalue weighted by molar-refractivity contribution is 0.318. The van der Waals surface area contributed by atoms with Crippen molar-refractivity contribution in [2.45, 2.75) is 13.0 Å². The molecular formula is C10H13N5. The lowest BCUT2D eigenvalue weighted by Crippen LogP contribution is -2.43. The van der Waals surface area contributed by atoms with E-state index in [1.807, 2.05) is 17.2 Å². The minimum absolute atomic E-state index is 0.585. The quantitative estimate of drug-likeness (QED) is 0.710. The summed E-state index contributed by atoms with van der Waals surface area (Å²) in [5.41, 5.74) is 4.02. The molecule has 0 amide bonds. The first-order valence-electron chi connectivity index (χ1n) is 4.84. The van der Waals surface area contributed by atoms with Crippen molar-refractivity contribution in [1.82, 2.24) is 20.4 Å². The molecule has 2 N–H and O–H groups in total. The molecule has 1 aliphatic rings. The summed E-state index contributed by atoms with van der Waals surface area (Å²) in [6.45, 7) is 1.34. The highest BCUT2D eigenvalue weighted by Gasteiger charge is 2.09. The molecule has 0 saturated heterocycles. The molecule has 15 heavy (non-hydrogen) atoms. The van der Waals surface area contributed by atoms with Gasteiger partial charge >= 0.3 is 0 Å². The van der Waals surface area contributed by atoms with Crippen LogP contribution in [0.1, 0.15) is 12.1 Å². The second-order valence-electron chi connectivity index (χ2n) is 3.26. The summed E-state index contributed by atoms with van der Waals surface area (Å²) in [4.78, 5) is 8.13. The van der Waals surface area contributed by atoms with Gasteiger partial charge in [0, 0.05) is 25.0 Å². The third-order valence-corrected chi connectivity index (χ3v) is 2.16. The molecule has 1 aromatic heterocycles. The zero-order valence-electron chi connectivity index (χ0n) is 8.35. The second kappa shape index (κ2) is 4.65. The van der Waals surface area contributed by atoms with Crippen molar-refractivity contribution >= 4 is 5.84 Å². The third-order valence-electron chi connectivity index (χ3n) is 2.16. The van der Waals surface area contributed by atoms with Crippen LogP contribution in [-0.4, -0.2) is 27.4 Å². The molecule has 0 spiro atoms. The Morgan fingerprint density at radius 3 is 3.07 bits per heavy atom. The lowest BCUT2D eigenvalue weighted by Gasteiger charge is -2.26. The highest BCUT2D eigenvalue weighted by atomic mass is 15.5. The summed E-state index contributed by atoms with van der Waals surface area (Å²) in [6.07, 6.45) is 9.77. The molecule has 2 heterocycles. The maximum atomic E-state index is 7.69. The van der Waals surface area contributed by atoms with Crippen LogP contribution in [0.4, 0.5) is 0 Å². The fourth-order valence-electron chi connectivity index (χ4n) is 1.35. The van der Waals surface area contributed by atoms with E-state index in [-0.39, 0.29) is 0 Å². The largest absolute Gasteiger partial charge is 0.292 e. The zero-order valence-corrected chi connectivity index (χ0v) is 8.35. The van der Waals surface area contributed by atoms with Crippen LogP contribution in [0.2, 0.25) is 0 Å². The van der Waals surface area contributed by atoms with E-state index in [4.69, 9.17) is 5.41 Å². The summed E-state index contributed by atoms with van der Waals surface area (Å²) in [6, 6.07) is 0. The van der Waals surface area contributed by atoms with Crippen LogP contribution < -0.4 is 5.43 Å². The number of hydrogen-bond donors (Lipinski definition) is 2. The molecule has 0 bridgehead atoms. The minimum Gasteiger partial charge on any atom is -0.292 e. The number of rotatable bonds is 3. The van der Waals surface area contributed by atoms with Crippen LogP contribution in [0.5, 0.6) is 0 Å². The molecule has 0 fully saturated rings. The Hall–Kier alpha value is -1.75. The summed E-state index contributed by atoms with van der Waals surface area (Å²) in [5, 5.41) is 9.50. The molecule has 0 atom stereocenters. The van der Waals surface area contributed by atoms with Gasteiger partial charge < -0.3 is 0 Å². The molecule has 5 heteroatoms. The van der Waals surface area contributed by atoms with Gasteiger partial charge in [-0.25, -0.2) is 5.43 Å². The van der Waals surface area contributed by atoms with E-state index in [1.54, 1.807) is 18.6 Å². The van der Waals surface area contributed by atoms with Crippen molar-refractivity contribution in [2.75, 3.05) is 6.54 Å². The third kappa shape index (κ3) is 2.60. The highest BCUT2D eigenvalue weighted by molar-refractivity contribution is 5.81. The average Bonchev–Trinajstić information content (AvgIpc) is 2.29. The molecule has 0 unspecified atom stereocenters. The molecule has 1 aliphatic heterocycles. The number of hydrazine groups is 1. The molecular weight excluding hydrogens is 190 g/mol. The molecule has 78 valence electrons. The fraction of sp³-hybridized carbons (Fsp3) is 0.300. The van der Waals surface area contributed by atoms with Gasteiger partial charge in [-0.3, -0.25) is 20.4 Å². The van der Waals surface area contributed by atoms with Crippen molar-refractivity contribution in [3.63, 3.8) is 0 Å². The normalized spacial score (nSPS) is 15.7. The van der Waals surface area contributed by atoms with Gasteiger partial charge in [0.15, 0.2) is 0 Å². The van der Waals surface area contributed by atoms with Crippen LogP contribution in [-0.2, 0) is 6.54 Å². The summed E-state index contributed by atoms with van der Waals surface area (Å²) in [5.74, 6) is 0.585. The minimum atomic E-state index is 0.585. The van der Waals surface area contributed by atoms with E-state index < -0.39 is 0 Å². The smallest absolute Gasteiger partial charge is 0.114 e. The Labute approximate surface area is 88.3 Å². The van der Waals surface area contributed by atoms with Crippen LogP contribution >= 0.6 is 0 Å². The van der Waals surface area contributed by atoms with Crippen LogP contribution in [0, 0.1) is 5.41 Å². The summed E-state index contributed by atoms with van der Waals surface area (Å²) < 4.78 is 0. The van der Waals surface area contributed by atoms with Gasteiger partial charge in [-0.2, -0.15) is 0 Å². The van der Waals surface area contributed by atoms with E-state index >= 15 is 0 Å². The fourth-order valence-corrected chi connectivity index (χ4v) is 1.35. The van der Waals surface area contributed by atoms with E-state index in [1.165, 1.54) is 0 Å². The number of nitrogens with one attached hydrogen (secondary N) is 2. The van der Waals surface area contributed by atoms with Gasteiger partial charge in [0.25, 0.3) is 0 Å². The monoisotopic (exact) mass is 203 g/mol. The average molecular weight is 203 g/mol. The van der Waals surface area contributed by atoms with Gasteiger partial charge in [0.1, 0.15) is 5.84 Å². The van der Waals surface area contributed by atoms with Gasteiger partial charge in [-0.05, 0) is 0 Å². The molecule has 5 nitrogen and oxygen atoms in total. The van der Waals surface area contributed by atoms with Gasteiger partial charge in [-0.15, -0.1) is 0 Å². The number of aromatic nitrogens is 2. The molecule has 0 aromatic carbocycles. The number of amidine groups is 1. The lowest BCUT2D eigenvalue weighted by atomic mass is 10.2. The molecule has 0 aliphatic carbocycles. The van der Waals surface area contributed by atoms with Crippen molar-refractivity contribution in [3.8, 4) is 0 Å². The molecule has 1 aromatic rings. The van der Waals surface area contributed by atoms with Gasteiger partial charge in [-0.1, -0.05) is 12.2 Å². The van der Waals surface area contributed by atoms with Crippen molar-refractivity contribution < 1.29 is 0 Å². The molecule has 0 saturated carbocycles. The molecule has 0 radical (unpaired) electrons. The maximum absolute atomic E-state index is 7.69. The van der Waals surface area contributed by atoms with Crippen LogP contribution in [0.15, 0.2) is 30.7 Å². The topological polar surface area (TPSA) is 64.9 Å². The van der Waals surface area contributed by atoms with Crippen LogP contribution in [0.25, 0.3) is 0 Å².